The molecule has 4 aromatic rings. The highest BCUT2D eigenvalue weighted by Gasteiger charge is 2.24. The first-order valence-corrected chi connectivity index (χ1v) is 10.7. The molecule has 11 heteroatoms. The third kappa shape index (κ3) is 4.57. The zero-order valence-corrected chi connectivity index (χ0v) is 18.8. The quantitative estimate of drug-likeness (QED) is 0.374. The fourth-order valence-electron chi connectivity index (χ4n) is 3.44. The number of carboxylic acid groups (broad SMARTS) is 1. The van der Waals surface area contributed by atoms with Crippen LogP contribution in [0.15, 0.2) is 70.4 Å². The van der Waals surface area contributed by atoms with Gasteiger partial charge in [-0.05, 0) is 42.0 Å². The maximum atomic E-state index is 12.7. The molecule has 3 N–H and O–H groups in total. The monoisotopic (exact) mass is 498 g/mol. The van der Waals surface area contributed by atoms with Crippen LogP contribution in [0.4, 0.5) is 0 Å². The summed E-state index contributed by atoms with van der Waals surface area (Å²) >= 11 is 12.1. The highest BCUT2D eigenvalue weighted by Crippen LogP contribution is 2.24. The average molecular weight is 499 g/mol. The summed E-state index contributed by atoms with van der Waals surface area (Å²) in [7, 11) is 0. The van der Waals surface area contributed by atoms with E-state index in [0.717, 1.165) is 4.57 Å². The molecule has 2 heterocycles. The van der Waals surface area contributed by atoms with Crippen molar-refractivity contribution in [2.75, 3.05) is 0 Å². The van der Waals surface area contributed by atoms with Crippen molar-refractivity contribution in [2.24, 2.45) is 0 Å². The molecule has 0 aliphatic heterocycles. The number of aromatic amines is 1. The number of amides is 1. The van der Waals surface area contributed by atoms with Crippen molar-refractivity contribution in [1.29, 1.82) is 0 Å². The maximum Gasteiger partial charge on any atom is 0.333 e. The van der Waals surface area contributed by atoms with Crippen LogP contribution in [0.1, 0.15) is 15.9 Å². The van der Waals surface area contributed by atoms with Crippen molar-refractivity contribution in [3.8, 4) is 5.69 Å². The molecular formula is C23H16Cl2N4O5. The molecule has 1 amide bonds. The number of carboxylic acids is 1. The lowest BCUT2D eigenvalue weighted by Crippen LogP contribution is -2.42. The molecule has 0 saturated carbocycles. The standard InChI is InChI=1S/C23H16Cl2N4O5/c24-14-3-1-4-15(25)18(14)20(30)27-17(22(32)33)11-12-6-8-13(9-7-12)29-21(31)19-16(28-23(29)34)5-2-10-26-19/h1-10,17H,11H2,(H,27,30)(H,28,34)(H,32,33)/t17-/m0/s1. The zero-order chi connectivity index (χ0) is 24.4. The largest absolute Gasteiger partial charge is 0.480 e. The van der Waals surface area contributed by atoms with Gasteiger partial charge in [0.15, 0.2) is 5.52 Å². The Balaban J connectivity index is 1.59. The predicted octanol–water partition coefficient (Wildman–Crippen LogP) is 2.81. The van der Waals surface area contributed by atoms with Crippen molar-refractivity contribution in [3.05, 3.63) is 103 Å². The van der Waals surface area contributed by atoms with Gasteiger partial charge in [-0.3, -0.25) is 9.59 Å². The number of nitrogens with one attached hydrogen (secondary N) is 2. The van der Waals surface area contributed by atoms with E-state index in [2.05, 4.69) is 15.3 Å². The van der Waals surface area contributed by atoms with E-state index < -0.39 is 29.2 Å². The van der Waals surface area contributed by atoms with E-state index >= 15 is 0 Å². The molecule has 0 bridgehead atoms. The van der Waals surface area contributed by atoms with Gasteiger partial charge in [-0.2, -0.15) is 0 Å². The Morgan fingerprint density at radius 1 is 1.03 bits per heavy atom. The minimum absolute atomic E-state index is 0.0176. The highest BCUT2D eigenvalue weighted by molar-refractivity contribution is 6.39. The van der Waals surface area contributed by atoms with Gasteiger partial charge in [0.2, 0.25) is 0 Å². The SMILES string of the molecule is O=C(N[C@@H](Cc1ccc(-n2c(=O)[nH]c3cccnc3c2=O)cc1)C(=O)O)c1c(Cl)cccc1Cl. The van der Waals surface area contributed by atoms with Crippen LogP contribution in [0.5, 0.6) is 0 Å². The number of carbonyl (C=O) groups excluding carboxylic acids is 1. The summed E-state index contributed by atoms with van der Waals surface area (Å²) in [5, 5.41) is 12.2. The number of rotatable bonds is 6. The molecule has 34 heavy (non-hydrogen) atoms. The van der Waals surface area contributed by atoms with E-state index in [1.807, 2.05) is 0 Å². The van der Waals surface area contributed by atoms with E-state index in [1.165, 1.54) is 30.5 Å². The van der Waals surface area contributed by atoms with Crippen LogP contribution in [-0.2, 0) is 11.2 Å². The number of hydrogen-bond acceptors (Lipinski definition) is 5. The number of benzene rings is 2. The minimum atomic E-state index is -1.28. The molecule has 2 aromatic carbocycles. The molecule has 0 radical (unpaired) electrons. The Morgan fingerprint density at radius 3 is 2.35 bits per heavy atom. The summed E-state index contributed by atoms with van der Waals surface area (Å²) in [5.74, 6) is -1.98. The van der Waals surface area contributed by atoms with Gasteiger partial charge in [0.1, 0.15) is 6.04 Å². The minimum Gasteiger partial charge on any atom is -0.480 e. The summed E-state index contributed by atoms with van der Waals surface area (Å²) in [5.41, 5.74) is 0.0226. The van der Waals surface area contributed by atoms with Crippen LogP contribution in [0, 0.1) is 0 Å². The van der Waals surface area contributed by atoms with Crippen molar-refractivity contribution in [1.82, 2.24) is 19.9 Å². The molecule has 172 valence electrons. The van der Waals surface area contributed by atoms with Crippen LogP contribution in [0.2, 0.25) is 10.0 Å². The van der Waals surface area contributed by atoms with Gasteiger partial charge >= 0.3 is 11.7 Å². The molecule has 0 aliphatic rings. The van der Waals surface area contributed by atoms with Crippen LogP contribution in [0.3, 0.4) is 0 Å². The highest BCUT2D eigenvalue weighted by atomic mass is 35.5. The number of H-pyrrole nitrogens is 1. The fourth-order valence-corrected chi connectivity index (χ4v) is 4.01. The number of hydrogen-bond donors (Lipinski definition) is 3. The van der Waals surface area contributed by atoms with Gasteiger partial charge in [-0.25, -0.2) is 19.1 Å². The number of halogens is 2. The van der Waals surface area contributed by atoms with Gasteiger partial charge in [0.25, 0.3) is 11.5 Å². The Kier molecular flexibility index (Phi) is 6.49. The summed E-state index contributed by atoms with van der Waals surface area (Å²) in [6.45, 7) is 0. The van der Waals surface area contributed by atoms with Gasteiger partial charge in [0, 0.05) is 12.6 Å². The Bertz CT molecular complexity index is 1510. The van der Waals surface area contributed by atoms with Crippen molar-refractivity contribution in [2.45, 2.75) is 12.5 Å². The van der Waals surface area contributed by atoms with Gasteiger partial charge in [-0.15, -0.1) is 0 Å². The number of fused-ring (bicyclic) bond motifs is 1. The van der Waals surface area contributed by atoms with E-state index in [9.17, 15) is 24.3 Å². The first-order valence-electron chi connectivity index (χ1n) is 9.93. The first kappa shape index (κ1) is 23.2. The number of aromatic nitrogens is 3. The average Bonchev–Trinajstić information content (AvgIpc) is 2.79. The number of aliphatic carboxylic acids is 1. The fraction of sp³-hybridized carbons (Fsp3) is 0.0870. The van der Waals surface area contributed by atoms with Gasteiger partial charge in [0.05, 0.1) is 26.8 Å². The Morgan fingerprint density at radius 2 is 1.71 bits per heavy atom. The third-order valence-corrected chi connectivity index (χ3v) is 5.72. The molecule has 4 rings (SSSR count). The number of nitrogens with zero attached hydrogens (tertiary/aromatic N) is 2. The van der Waals surface area contributed by atoms with Crippen molar-refractivity contribution >= 4 is 46.1 Å². The summed E-state index contributed by atoms with van der Waals surface area (Å²) < 4.78 is 0.939. The molecule has 0 aliphatic carbocycles. The van der Waals surface area contributed by atoms with E-state index in [-0.39, 0.29) is 33.2 Å². The molecule has 0 fully saturated rings. The topological polar surface area (TPSA) is 134 Å². The third-order valence-electron chi connectivity index (χ3n) is 5.09. The molecule has 0 unspecified atom stereocenters. The maximum absolute atomic E-state index is 12.7. The molecule has 0 spiro atoms. The van der Waals surface area contributed by atoms with E-state index in [0.29, 0.717) is 11.1 Å². The Hall–Kier alpha value is -3.95. The molecule has 2 aromatic heterocycles. The van der Waals surface area contributed by atoms with Gasteiger partial charge < -0.3 is 15.4 Å². The summed E-state index contributed by atoms with van der Waals surface area (Å²) in [6.07, 6.45) is 1.39. The van der Waals surface area contributed by atoms with Crippen LogP contribution in [-0.4, -0.2) is 37.6 Å². The summed E-state index contributed by atoms with van der Waals surface area (Å²) in [6, 6.07) is 12.6. The molecular weight excluding hydrogens is 483 g/mol. The lowest BCUT2D eigenvalue weighted by Gasteiger charge is -2.16. The van der Waals surface area contributed by atoms with Crippen LogP contribution >= 0.6 is 23.2 Å². The van der Waals surface area contributed by atoms with E-state index in [4.69, 9.17) is 23.2 Å². The Labute approximate surface area is 201 Å². The molecule has 0 saturated heterocycles. The molecule has 9 nitrogen and oxygen atoms in total. The zero-order valence-electron chi connectivity index (χ0n) is 17.3. The normalized spacial score (nSPS) is 11.8. The lowest BCUT2D eigenvalue weighted by atomic mass is 10.0. The molecule has 1 atom stereocenters. The van der Waals surface area contributed by atoms with Crippen LogP contribution < -0.4 is 16.6 Å². The predicted molar refractivity (Wildman–Crippen MR) is 127 cm³/mol. The smallest absolute Gasteiger partial charge is 0.333 e. The van der Waals surface area contributed by atoms with Gasteiger partial charge in [-0.1, -0.05) is 41.4 Å². The second-order valence-electron chi connectivity index (χ2n) is 7.30. The van der Waals surface area contributed by atoms with Crippen LogP contribution in [0.25, 0.3) is 16.7 Å². The number of carbonyl (C=O) groups is 2. The van der Waals surface area contributed by atoms with Crippen molar-refractivity contribution in [3.63, 3.8) is 0 Å². The first-order chi connectivity index (χ1) is 16.3. The lowest BCUT2D eigenvalue weighted by molar-refractivity contribution is -0.139. The number of pyridine rings is 1. The van der Waals surface area contributed by atoms with Crippen molar-refractivity contribution < 1.29 is 14.7 Å². The second kappa shape index (κ2) is 9.50. The summed E-state index contributed by atoms with van der Waals surface area (Å²) in [4.78, 5) is 56.2. The van der Waals surface area contributed by atoms with E-state index in [1.54, 1.807) is 30.3 Å². The second-order valence-corrected chi connectivity index (χ2v) is 8.12.